The van der Waals surface area contributed by atoms with Crippen LogP contribution in [0.4, 0.5) is 0 Å². The van der Waals surface area contributed by atoms with Crippen molar-refractivity contribution in [3.05, 3.63) is 40.8 Å². The molecule has 1 fully saturated rings. The Morgan fingerprint density at radius 2 is 2.09 bits per heavy atom. The predicted octanol–water partition coefficient (Wildman–Crippen LogP) is 1.51. The molecule has 3 rings (SSSR count). The van der Waals surface area contributed by atoms with E-state index in [1.54, 1.807) is 19.2 Å². The summed E-state index contributed by atoms with van der Waals surface area (Å²) < 4.78 is 12.2. The molecule has 116 valence electrons. The van der Waals surface area contributed by atoms with Crippen LogP contribution >= 0.6 is 0 Å². The first-order chi connectivity index (χ1) is 10.7. The van der Waals surface area contributed by atoms with Gasteiger partial charge >= 0.3 is 5.97 Å². The predicted molar refractivity (Wildman–Crippen MR) is 80.5 cm³/mol. The summed E-state index contributed by atoms with van der Waals surface area (Å²) in [7, 11) is 1.62. The normalized spacial score (nSPS) is 21.1. The zero-order chi connectivity index (χ0) is 15.5. The molecule has 0 radical (unpaired) electrons. The number of hydrogen-bond acceptors (Lipinski definition) is 5. The van der Waals surface area contributed by atoms with Gasteiger partial charge in [0.2, 0.25) is 0 Å². The molecule has 2 aromatic rings. The molecule has 0 N–H and O–H groups in total. The Balaban J connectivity index is 1.79. The van der Waals surface area contributed by atoms with Crippen LogP contribution in [0.25, 0.3) is 11.0 Å². The fraction of sp³-hybridized carbons (Fsp3) is 0.438. The van der Waals surface area contributed by atoms with Crippen LogP contribution in [0.1, 0.15) is 19.3 Å². The number of carbonyl (C=O) groups is 1. The third-order valence-electron chi connectivity index (χ3n) is 4.02. The maximum Gasteiger partial charge on any atom is 0.326 e. The topological polar surface area (TPSA) is 70.4 Å². The van der Waals surface area contributed by atoms with Crippen LogP contribution in [-0.4, -0.2) is 34.8 Å². The van der Waals surface area contributed by atoms with Crippen molar-refractivity contribution in [3.8, 4) is 0 Å². The van der Waals surface area contributed by atoms with Crippen LogP contribution < -0.4 is 5.56 Å². The maximum atomic E-state index is 12.2. The fourth-order valence-electron chi connectivity index (χ4n) is 2.91. The average Bonchev–Trinajstić information content (AvgIpc) is 2.97. The van der Waals surface area contributed by atoms with Gasteiger partial charge in [-0.2, -0.15) is 0 Å². The Bertz CT molecular complexity index is 740. The Kier molecular flexibility index (Phi) is 4.20. The number of rotatable bonds is 4. The molecule has 0 saturated heterocycles. The number of benzene rings is 1. The summed E-state index contributed by atoms with van der Waals surface area (Å²) in [6, 6.07) is 7.21. The highest BCUT2D eigenvalue weighted by Crippen LogP contribution is 2.24. The minimum atomic E-state index is -0.424. The van der Waals surface area contributed by atoms with Gasteiger partial charge < -0.3 is 9.47 Å². The molecule has 1 aromatic heterocycles. The van der Waals surface area contributed by atoms with Gasteiger partial charge in [-0.05, 0) is 31.4 Å². The molecule has 1 saturated carbocycles. The number of ether oxygens (including phenoxy) is 2. The first-order valence-electron chi connectivity index (χ1n) is 7.36. The van der Waals surface area contributed by atoms with Gasteiger partial charge in [-0.15, -0.1) is 0 Å². The van der Waals surface area contributed by atoms with Crippen molar-refractivity contribution in [2.45, 2.75) is 38.0 Å². The van der Waals surface area contributed by atoms with E-state index < -0.39 is 5.97 Å². The van der Waals surface area contributed by atoms with Gasteiger partial charge in [-0.25, -0.2) is 4.98 Å². The fourth-order valence-corrected chi connectivity index (χ4v) is 2.91. The van der Waals surface area contributed by atoms with Crippen molar-refractivity contribution in [2.24, 2.45) is 0 Å². The van der Waals surface area contributed by atoms with Crippen LogP contribution in [-0.2, 0) is 20.8 Å². The van der Waals surface area contributed by atoms with Gasteiger partial charge in [0.25, 0.3) is 5.56 Å². The highest BCUT2D eigenvalue weighted by molar-refractivity contribution is 5.77. The lowest BCUT2D eigenvalue weighted by Crippen LogP contribution is -2.31. The molecule has 6 heteroatoms. The quantitative estimate of drug-likeness (QED) is 0.801. The number of para-hydroxylation sites is 2. The Morgan fingerprint density at radius 3 is 2.91 bits per heavy atom. The summed E-state index contributed by atoms with van der Waals surface area (Å²) in [5, 5.41) is 0. The van der Waals surface area contributed by atoms with Gasteiger partial charge in [0.15, 0.2) is 0 Å². The maximum absolute atomic E-state index is 12.2. The molecule has 0 spiro atoms. The lowest BCUT2D eigenvalue weighted by molar-refractivity contribution is -0.155. The number of fused-ring (bicyclic) bond motifs is 1. The number of carbonyl (C=O) groups excluding carboxylic acids is 1. The first kappa shape index (κ1) is 14.7. The molecule has 0 amide bonds. The van der Waals surface area contributed by atoms with E-state index in [4.69, 9.17) is 9.47 Å². The van der Waals surface area contributed by atoms with E-state index in [-0.39, 0.29) is 24.3 Å². The molecule has 22 heavy (non-hydrogen) atoms. The molecule has 1 aromatic carbocycles. The monoisotopic (exact) mass is 302 g/mol. The summed E-state index contributed by atoms with van der Waals surface area (Å²) in [6.07, 6.45) is 3.64. The van der Waals surface area contributed by atoms with Crippen LogP contribution in [0.3, 0.4) is 0 Å². The van der Waals surface area contributed by atoms with Crippen molar-refractivity contribution in [1.29, 1.82) is 0 Å². The smallest absolute Gasteiger partial charge is 0.326 e. The van der Waals surface area contributed by atoms with E-state index >= 15 is 0 Å². The van der Waals surface area contributed by atoms with Crippen molar-refractivity contribution >= 4 is 17.0 Å². The number of nitrogens with zero attached hydrogens (tertiary/aromatic N) is 2. The van der Waals surface area contributed by atoms with Gasteiger partial charge in [-0.3, -0.25) is 14.2 Å². The van der Waals surface area contributed by atoms with E-state index in [9.17, 15) is 9.59 Å². The van der Waals surface area contributed by atoms with E-state index in [2.05, 4.69) is 4.98 Å². The van der Waals surface area contributed by atoms with Crippen LogP contribution in [0.5, 0.6) is 0 Å². The molecule has 0 unspecified atom stereocenters. The Labute approximate surface area is 127 Å². The molecule has 2 atom stereocenters. The minimum absolute atomic E-state index is 0.0464. The second-order valence-electron chi connectivity index (χ2n) is 5.40. The lowest BCUT2D eigenvalue weighted by atomic mass is 10.2. The van der Waals surface area contributed by atoms with Crippen LogP contribution in [0.2, 0.25) is 0 Å². The number of methoxy groups -OCH3 is 1. The standard InChI is InChI=1S/C16H18N2O4/c1-21-13-7-4-8-14(13)22-16(20)10-18-12-6-3-2-5-11(12)17-9-15(18)19/h2-3,5-6,9,13-14H,4,7-8,10H2,1H3/t13-,14+/m0/s1. The van der Waals surface area contributed by atoms with Gasteiger partial charge in [0.1, 0.15) is 12.6 Å². The molecule has 6 nitrogen and oxygen atoms in total. The van der Waals surface area contributed by atoms with Gasteiger partial charge in [0, 0.05) is 7.11 Å². The summed E-state index contributed by atoms with van der Waals surface area (Å²) in [5.74, 6) is -0.424. The molecule has 1 aliphatic rings. The summed E-state index contributed by atoms with van der Waals surface area (Å²) in [6.45, 7) is -0.116. The zero-order valence-electron chi connectivity index (χ0n) is 12.4. The highest BCUT2D eigenvalue weighted by Gasteiger charge is 2.30. The molecule has 1 aliphatic carbocycles. The largest absolute Gasteiger partial charge is 0.458 e. The van der Waals surface area contributed by atoms with Gasteiger partial charge in [-0.1, -0.05) is 12.1 Å². The number of esters is 1. The van der Waals surface area contributed by atoms with E-state index in [1.165, 1.54) is 10.8 Å². The third-order valence-corrected chi connectivity index (χ3v) is 4.02. The molecular weight excluding hydrogens is 284 g/mol. The third kappa shape index (κ3) is 2.87. The van der Waals surface area contributed by atoms with Gasteiger partial charge in [0.05, 0.1) is 23.3 Å². The van der Waals surface area contributed by atoms with Crippen LogP contribution in [0, 0.1) is 0 Å². The SMILES string of the molecule is CO[C@H]1CCC[C@H]1OC(=O)Cn1c(=O)cnc2ccccc21. The zero-order valence-corrected chi connectivity index (χ0v) is 12.4. The summed E-state index contributed by atoms with van der Waals surface area (Å²) in [4.78, 5) is 28.2. The first-order valence-corrected chi connectivity index (χ1v) is 7.36. The van der Waals surface area contributed by atoms with E-state index in [0.717, 1.165) is 19.3 Å². The van der Waals surface area contributed by atoms with Crippen molar-refractivity contribution in [3.63, 3.8) is 0 Å². The average molecular weight is 302 g/mol. The van der Waals surface area contributed by atoms with E-state index in [1.807, 2.05) is 12.1 Å². The molecule has 0 aliphatic heterocycles. The Morgan fingerprint density at radius 1 is 1.32 bits per heavy atom. The van der Waals surface area contributed by atoms with Crippen molar-refractivity contribution in [1.82, 2.24) is 9.55 Å². The minimum Gasteiger partial charge on any atom is -0.458 e. The second-order valence-corrected chi connectivity index (χ2v) is 5.40. The second kappa shape index (κ2) is 6.27. The van der Waals surface area contributed by atoms with E-state index in [0.29, 0.717) is 11.0 Å². The highest BCUT2D eigenvalue weighted by atomic mass is 16.6. The van der Waals surface area contributed by atoms with Crippen LogP contribution in [0.15, 0.2) is 35.3 Å². The van der Waals surface area contributed by atoms with Crippen molar-refractivity contribution < 1.29 is 14.3 Å². The molecule has 1 heterocycles. The Hall–Kier alpha value is -2.21. The summed E-state index contributed by atoms with van der Waals surface area (Å²) >= 11 is 0. The lowest BCUT2D eigenvalue weighted by Gasteiger charge is -2.19. The van der Waals surface area contributed by atoms with Crippen molar-refractivity contribution in [2.75, 3.05) is 7.11 Å². The number of aromatic nitrogens is 2. The molecule has 0 bridgehead atoms. The molecular formula is C16H18N2O4. The summed E-state index contributed by atoms with van der Waals surface area (Å²) in [5.41, 5.74) is 0.984. The number of hydrogen-bond donors (Lipinski definition) is 0.